The van der Waals surface area contributed by atoms with Crippen molar-refractivity contribution in [3.05, 3.63) is 64.1 Å². The van der Waals surface area contributed by atoms with Crippen LogP contribution in [-0.2, 0) is 14.8 Å². The average molecular weight is 522 g/mol. The molecule has 8 nitrogen and oxygen atoms in total. The molecule has 0 aromatic heterocycles. The number of nitrogens with one attached hydrogen (secondary N) is 1. The Labute approximate surface area is 195 Å². The van der Waals surface area contributed by atoms with E-state index in [9.17, 15) is 23.1 Å². The summed E-state index contributed by atoms with van der Waals surface area (Å²) in [4.78, 5) is 24.0. The second kappa shape index (κ2) is 10.8. The largest absolute Gasteiger partial charge is 0.478 e. The van der Waals surface area contributed by atoms with Crippen LogP contribution in [0.2, 0.25) is 0 Å². The molecule has 0 aliphatic heterocycles. The predicted octanol–water partition coefficient (Wildman–Crippen LogP) is 3.62. The van der Waals surface area contributed by atoms with E-state index in [4.69, 9.17) is 0 Å². The van der Waals surface area contributed by atoms with Crippen molar-refractivity contribution in [1.29, 1.82) is 0 Å². The van der Waals surface area contributed by atoms with Gasteiger partial charge in [-0.3, -0.25) is 4.79 Å². The monoisotopic (exact) mass is 521 g/mol. The first-order valence-corrected chi connectivity index (χ1v) is 12.4. The summed E-state index contributed by atoms with van der Waals surface area (Å²) in [6.07, 6.45) is 5.47. The fraction of sp³-hybridized carbons (Fsp3) is 0.318. The highest BCUT2D eigenvalue weighted by Crippen LogP contribution is 2.28. The summed E-state index contributed by atoms with van der Waals surface area (Å²) in [5.41, 5.74) is 2.70. The molecule has 3 rings (SSSR count). The normalized spacial score (nSPS) is 15.2. The first-order valence-electron chi connectivity index (χ1n) is 10.2. The van der Waals surface area contributed by atoms with E-state index in [1.165, 1.54) is 28.7 Å². The van der Waals surface area contributed by atoms with Gasteiger partial charge in [-0.05, 0) is 43.2 Å². The lowest BCUT2D eigenvalue weighted by molar-refractivity contribution is -0.121. The van der Waals surface area contributed by atoms with Crippen LogP contribution in [0.3, 0.4) is 0 Å². The Morgan fingerprint density at radius 1 is 1.09 bits per heavy atom. The lowest BCUT2D eigenvalue weighted by Gasteiger charge is -2.32. The zero-order valence-corrected chi connectivity index (χ0v) is 19.7. The molecule has 2 aromatic carbocycles. The molecule has 10 heteroatoms. The minimum Gasteiger partial charge on any atom is -0.478 e. The van der Waals surface area contributed by atoms with Crippen LogP contribution in [0.25, 0.3) is 0 Å². The van der Waals surface area contributed by atoms with Crippen molar-refractivity contribution < 1.29 is 23.1 Å². The number of hydrazone groups is 1. The average Bonchev–Trinajstić information content (AvgIpc) is 2.78. The number of hydrogen-bond acceptors (Lipinski definition) is 5. The van der Waals surface area contributed by atoms with E-state index in [0.29, 0.717) is 18.4 Å². The smallest absolute Gasteiger partial charge is 0.336 e. The molecule has 1 aliphatic rings. The van der Waals surface area contributed by atoms with Gasteiger partial charge in [0.25, 0.3) is 5.91 Å². The maximum Gasteiger partial charge on any atom is 0.336 e. The molecule has 0 saturated heterocycles. The number of benzene rings is 2. The summed E-state index contributed by atoms with van der Waals surface area (Å²) >= 11 is 3.30. The van der Waals surface area contributed by atoms with Gasteiger partial charge in [-0.25, -0.2) is 18.6 Å². The first kappa shape index (κ1) is 24.1. The summed E-state index contributed by atoms with van der Waals surface area (Å²) in [6.45, 7) is -0.374. The maximum atomic E-state index is 13.3. The van der Waals surface area contributed by atoms with E-state index in [0.717, 1.165) is 23.7 Å². The molecule has 1 saturated carbocycles. The SMILES string of the molecule is O=C(CN(C1CCCCC1)S(=O)(=O)c1ccc(Br)cc1)NN=Cc1ccccc1C(=O)O. The lowest BCUT2D eigenvalue weighted by Crippen LogP contribution is -2.46. The highest BCUT2D eigenvalue weighted by molar-refractivity contribution is 9.10. The number of rotatable bonds is 8. The summed E-state index contributed by atoms with van der Waals surface area (Å²) in [7, 11) is -3.89. The topological polar surface area (TPSA) is 116 Å². The van der Waals surface area contributed by atoms with E-state index in [-0.39, 0.29) is 23.0 Å². The number of aromatic carboxylic acids is 1. The second-order valence-electron chi connectivity index (χ2n) is 7.48. The Kier molecular flexibility index (Phi) is 8.16. The molecule has 0 heterocycles. The lowest BCUT2D eigenvalue weighted by atomic mass is 9.95. The summed E-state index contributed by atoms with van der Waals surface area (Å²) in [5, 5.41) is 13.1. The van der Waals surface area contributed by atoms with Crippen LogP contribution in [-0.4, -0.2) is 48.5 Å². The first-order chi connectivity index (χ1) is 15.3. The standard InChI is InChI=1S/C22H24BrN3O5S/c23-17-10-12-19(13-11-17)32(30,31)26(18-7-2-1-3-8-18)15-21(27)25-24-14-16-6-4-5-9-20(16)22(28)29/h4-6,9-14,18H,1-3,7-8,15H2,(H,25,27)(H,28,29). The highest BCUT2D eigenvalue weighted by atomic mass is 79.9. The van der Waals surface area contributed by atoms with Gasteiger partial charge < -0.3 is 5.11 Å². The molecule has 2 aromatic rings. The van der Waals surface area contributed by atoms with E-state index in [1.54, 1.807) is 30.3 Å². The number of nitrogens with zero attached hydrogens (tertiary/aromatic N) is 2. The van der Waals surface area contributed by atoms with Gasteiger partial charge in [0.05, 0.1) is 23.2 Å². The number of amides is 1. The molecular weight excluding hydrogens is 498 g/mol. The highest BCUT2D eigenvalue weighted by Gasteiger charge is 2.33. The number of carboxylic acid groups (broad SMARTS) is 1. The van der Waals surface area contributed by atoms with E-state index >= 15 is 0 Å². The van der Waals surface area contributed by atoms with Gasteiger partial charge in [-0.15, -0.1) is 0 Å². The number of sulfonamides is 1. The number of hydrogen-bond donors (Lipinski definition) is 2. The molecule has 1 fully saturated rings. The molecule has 0 radical (unpaired) electrons. The van der Waals surface area contributed by atoms with Gasteiger partial charge >= 0.3 is 5.97 Å². The van der Waals surface area contributed by atoms with Crippen molar-refractivity contribution in [3.63, 3.8) is 0 Å². The van der Waals surface area contributed by atoms with Crippen molar-refractivity contribution in [2.45, 2.75) is 43.0 Å². The van der Waals surface area contributed by atoms with Gasteiger partial charge in [0.1, 0.15) is 0 Å². The van der Waals surface area contributed by atoms with Crippen molar-refractivity contribution >= 4 is 44.0 Å². The van der Waals surface area contributed by atoms with Gasteiger partial charge in [-0.2, -0.15) is 9.41 Å². The third-order valence-corrected chi connectivity index (χ3v) is 7.73. The van der Waals surface area contributed by atoms with E-state index < -0.39 is 21.9 Å². The van der Waals surface area contributed by atoms with Crippen molar-refractivity contribution in [2.24, 2.45) is 5.10 Å². The minimum absolute atomic E-state index is 0.0483. The molecule has 1 aliphatic carbocycles. The maximum absolute atomic E-state index is 13.3. The number of halogens is 1. The Hall–Kier alpha value is -2.56. The fourth-order valence-electron chi connectivity index (χ4n) is 3.68. The van der Waals surface area contributed by atoms with Crippen molar-refractivity contribution in [1.82, 2.24) is 9.73 Å². The van der Waals surface area contributed by atoms with Gasteiger partial charge in [0.15, 0.2) is 0 Å². The summed E-state index contributed by atoms with van der Waals surface area (Å²) in [5.74, 6) is -1.71. The van der Waals surface area contributed by atoms with E-state index in [2.05, 4.69) is 26.5 Å². The van der Waals surface area contributed by atoms with Crippen LogP contribution in [0.4, 0.5) is 0 Å². The summed E-state index contributed by atoms with van der Waals surface area (Å²) < 4.78 is 28.7. The van der Waals surface area contributed by atoms with Crippen LogP contribution in [0.1, 0.15) is 48.0 Å². The molecular formula is C22H24BrN3O5S. The Bertz CT molecular complexity index is 1100. The molecule has 0 atom stereocenters. The molecule has 0 spiro atoms. The Balaban J connectivity index is 1.77. The molecule has 0 bridgehead atoms. The summed E-state index contributed by atoms with van der Waals surface area (Å²) in [6, 6.07) is 12.3. The zero-order chi connectivity index (χ0) is 23.1. The van der Waals surface area contributed by atoms with Crippen LogP contribution < -0.4 is 5.43 Å². The third-order valence-electron chi connectivity index (χ3n) is 5.29. The molecule has 0 unspecified atom stereocenters. The van der Waals surface area contributed by atoms with Gasteiger partial charge in [0.2, 0.25) is 10.0 Å². The quantitative estimate of drug-likeness (QED) is 0.406. The van der Waals surface area contributed by atoms with Gasteiger partial charge in [-0.1, -0.05) is 53.4 Å². The van der Waals surface area contributed by atoms with Crippen molar-refractivity contribution in [3.8, 4) is 0 Å². The number of carbonyl (C=O) groups excluding carboxylic acids is 1. The predicted molar refractivity (Wildman–Crippen MR) is 124 cm³/mol. The number of carboxylic acids is 1. The minimum atomic E-state index is -3.89. The van der Waals surface area contributed by atoms with Crippen LogP contribution in [0.15, 0.2) is 63.0 Å². The second-order valence-corrected chi connectivity index (χ2v) is 10.3. The Morgan fingerprint density at radius 2 is 1.75 bits per heavy atom. The zero-order valence-electron chi connectivity index (χ0n) is 17.3. The number of carbonyl (C=O) groups is 2. The van der Waals surface area contributed by atoms with Crippen LogP contribution in [0, 0.1) is 0 Å². The van der Waals surface area contributed by atoms with Crippen LogP contribution >= 0.6 is 15.9 Å². The third kappa shape index (κ3) is 6.02. The fourth-order valence-corrected chi connectivity index (χ4v) is 5.58. The van der Waals surface area contributed by atoms with Gasteiger partial charge in [0, 0.05) is 16.1 Å². The molecule has 2 N–H and O–H groups in total. The van der Waals surface area contributed by atoms with Crippen molar-refractivity contribution in [2.75, 3.05) is 6.54 Å². The van der Waals surface area contributed by atoms with Crippen LogP contribution in [0.5, 0.6) is 0 Å². The molecule has 1 amide bonds. The molecule has 32 heavy (non-hydrogen) atoms. The van der Waals surface area contributed by atoms with E-state index in [1.807, 2.05) is 0 Å². The Morgan fingerprint density at radius 3 is 2.41 bits per heavy atom. The molecule has 170 valence electrons.